The van der Waals surface area contributed by atoms with Crippen LogP contribution in [0.15, 0.2) is 75.9 Å². The minimum absolute atomic E-state index is 0.145. The number of carbonyl (C=O) groups excluding carboxylic acids is 1. The number of fused-ring (bicyclic) bond motifs is 1. The van der Waals surface area contributed by atoms with E-state index in [0.717, 1.165) is 38.1 Å². The van der Waals surface area contributed by atoms with E-state index in [0.29, 0.717) is 5.57 Å². The number of hydrazone groups is 1. The van der Waals surface area contributed by atoms with E-state index in [2.05, 4.69) is 21.9 Å². The highest BCUT2D eigenvalue weighted by atomic mass is 32.2. The first-order valence-corrected chi connectivity index (χ1v) is 9.58. The van der Waals surface area contributed by atoms with E-state index in [1.54, 1.807) is 11.8 Å². The number of allylic oxidation sites excluding steroid dienone is 1. The summed E-state index contributed by atoms with van der Waals surface area (Å²) in [6, 6.07) is 15.9. The molecule has 2 aromatic rings. The maximum Gasteiger partial charge on any atom is 0.275 e. The molecule has 2 aliphatic heterocycles. The van der Waals surface area contributed by atoms with E-state index < -0.39 is 0 Å². The summed E-state index contributed by atoms with van der Waals surface area (Å²) >= 11 is 1.65. The van der Waals surface area contributed by atoms with Crippen molar-refractivity contribution >= 4 is 39.7 Å². The van der Waals surface area contributed by atoms with Gasteiger partial charge in [0.05, 0.1) is 17.0 Å². The lowest BCUT2D eigenvalue weighted by Crippen LogP contribution is -2.21. The van der Waals surface area contributed by atoms with Crippen LogP contribution in [0.5, 0.6) is 0 Å². The highest BCUT2D eigenvalue weighted by Gasteiger charge is 2.30. The lowest BCUT2D eigenvalue weighted by Gasteiger charge is -2.23. The Hall–Kier alpha value is -2.99. The molecular weight excluding hydrogens is 356 g/mol. The van der Waals surface area contributed by atoms with Gasteiger partial charge in [0, 0.05) is 26.7 Å². The third-order valence-corrected chi connectivity index (χ3v) is 5.49. The molecule has 0 saturated heterocycles. The lowest BCUT2D eigenvalue weighted by atomic mass is 9.96. The number of rotatable bonds is 3. The number of carbonyl (C=O) groups is 1. The molecule has 0 fully saturated rings. The van der Waals surface area contributed by atoms with Crippen molar-refractivity contribution in [2.45, 2.75) is 18.7 Å². The normalized spacial score (nSPS) is 18.6. The van der Waals surface area contributed by atoms with Crippen molar-refractivity contribution in [3.8, 4) is 0 Å². The fourth-order valence-electron chi connectivity index (χ4n) is 3.10. The zero-order valence-corrected chi connectivity index (χ0v) is 15.9. The molecule has 4 rings (SSSR count). The Morgan fingerprint density at radius 3 is 2.56 bits per heavy atom. The fourth-order valence-corrected chi connectivity index (χ4v) is 4.09. The van der Waals surface area contributed by atoms with Crippen molar-refractivity contribution in [1.29, 1.82) is 0 Å². The van der Waals surface area contributed by atoms with Crippen molar-refractivity contribution in [3.05, 3.63) is 71.4 Å². The first kappa shape index (κ1) is 17.4. The predicted octanol–water partition coefficient (Wildman–Crippen LogP) is 4.22. The van der Waals surface area contributed by atoms with Gasteiger partial charge in [0.25, 0.3) is 5.91 Å². The number of para-hydroxylation sites is 1. The van der Waals surface area contributed by atoms with E-state index >= 15 is 0 Å². The van der Waals surface area contributed by atoms with Gasteiger partial charge >= 0.3 is 0 Å². The Kier molecular flexibility index (Phi) is 4.49. The van der Waals surface area contributed by atoms with Crippen LogP contribution in [0.2, 0.25) is 0 Å². The zero-order chi connectivity index (χ0) is 19.0. The van der Waals surface area contributed by atoms with Crippen LogP contribution in [0.1, 0.15) is 19.4 Å². The van der Waals surface area contributed by atoms with Crippen molar-refractivity contribution in [1.82, 2.24) is 5.43 Å². The molecule has 0 spiro atoms. The minimum Gasteiger partial charge on any atom is -0.399 e. The second-order valence-corrected chi connectivity index (χ2v) is 7.85. The summed E-state index contributed by atoms with van der Waals surface area (Å²) in [5, 5.41) is 7.62. The largest absolute Gasteiger partial charge is 0.399 e. The number of nitrogens with zero attached hydrogens (tertiary/aromatic N) is 1. The molecule has 0 radical (unpaired) electrons. The molecule has 0 saturated carbocycles. The molecule has 27 heavy (non-hydrogen) atoms. The molecular formula is C21H20N4OS. The number of hydrogen-bond acceptors (Lipinski definition) is 5. The van der Waals surface area contributed by atoms with Crippen molar-refractivity contribution in [3.63, 3.8) is 0 Å². The van der Waals surface area contributed by atoms with Crippen LogP contribution >= 0.6 is 11.8 Å². The van der Waals surface area contributed by atoms with Gasteiger partial charge in [0.2, 0.25) is 0 Å². The number of benzene rings is 2. The van der Waals surface area contributed by atoms with Gasteiger partial charge in [-0.05, 0) is 42.3 Å². The van der Waals surface area contributed by atoms with E-state index in [4.69, 9.17) is 5.73 Å². The van der Waals surface area contributed by atoms with Crippen molar-refractivity contribution < 1.29 is 4.79 Å². The predicted molar refractivity (Wildman–Crippen MR) is 112 cm³/mol. The average Bonchev–Trinajstić information content (AvgIpc) is 3.05. The van der Waals surface area contributed by atoms with Gasteiger partial charge in [-0.25, -0.2) is 5.43 Å². The van der Waals surface area contributed by atoms with Crippen LogP contribution in [0.3, 0.4) is 0 Å². The standard InChI is InChI=1S/C21H20N4OS/c1-12(2)20-19(21(26)25-24-20)17-11-18(15-5-3-4-6-16(15)23-17)27-14-9-7-13(22)8-10-14/h3-12,23H,22H2,1-2H3,(H,25,26)/b19-17-. The Morgan fingerprint density at radius 2 is 1.81 bits per heavy atom. The molecule has 0 aromatic heterocycles. The first-order chi connectivity index (χ1) is 13.0. The first-order valence-electron chi connectivity index (χ1n) is 8.77. The number of hydrogen-bond donors (Lipinski definition) is 3. The maximum absolute atomic E-state index is 12.4. The van der Waals surface area contributed by atoms with Gasteiger partial charge in [0.1, 0.15) is 0 Å². The molecule has 4 N–H and O–H groups in total. The third kappa shape index (κ3) is 3.36. The molecule has 0 unspecified atom stereocenters. The van der Waals surface area contributed by atoms with Crippen LogP contribution < -0.4 is 16.5 Å². The Bertz CT molecular complexity index is 1000. The van der Waals surface area contributed by atoms with Gasteiger partial charge in [-0.15, -0.1) is 0 Å². The molecule has 5 nitrogen and oxygen atoms in total. The van der Waals surface area contributed by atoms with Crippen LogP contribution in [0.4, 0.5) is 11.4 Å². The maximum atomic E-state index is 12.4. The Balaban J connectivity index is 1.81. The topological polar surface area (TPSA) is 79.5 Å². The highest BCUT2D eigenvalue weighted by molar-refractivity contribution is 8.08. The Morgan fingerprint density at radius 1 is 1.07 bits per heavy atom. The summed E-state index contributed by atoms with van der Waals surface area (Å²) in [5.74, 6) is -0.0271. The summed E-state index contributed by atoms with van der Waals surface area (Å²) in [5.41, 5.74) is 13.4. The number of nitrogen functional groups attached to an aromatic ring is 1. The molecule has 0 bridgehead atoms. The summed E-state index contributed by atoms with van der Waals surface area (Å²) < 4.78 is 0. The summed E-state index contributed by atoms with van der Waals surface area (Å²) in [7, 11) is 0. The van der Waals surface area contributed by atoms with E-state index in [-0.39, 0.29) is 11.8 Å². The third-order valence-electron chi connectivity index (χ3n) is 4.42. The summed E-state index contributed by atoms with van der Waals surface area (Å²) in [6.07, 6.45) is 2.03. The molecule has 2 aliphatic rings. The monoisotopic (exact) mass is 376 g/mol. The lowest BCUT2D eigenvalue weighted by molar-refractivity contribution is -0.116. The molecule has 2 heterocycles. The quantitative estimate of drug-likeness (QED) is 0.553. The fraction of sp³-hybridized carbons (Fsp3) is 0.143. The van der Waals surface area contributed by atoms with E-state index in [1.165, 1.54) is 0 Å². The molecule has 1 amide bonds. The number of nitrogens with two attached hydrogens (primary N) is 1. The second-order valence-electron chi connectivity index (χ2n) is 6.73. The minimum atomic E-state index is -0.173. The molecule has 2 aromatic carbocycles. The van der Waals surface area contributed by atoms with Crippen LogP contribution in [0.25, 0.3) is 4.91 Å². The van der Waals surface area contributed by atoms with Crippen LogP contribution in [0, 0.1) is 5.92 Å². The molecule has 0 aliphatic carbocycles. The van der Waals surface area contributed by atoms with Gasteiger partial charge in [-0.3, -0.25) is 4.79 Å². The second kappa shape index (κ2) is 6.96. The number of thioether (sulfide) groups is 1. The number of nitrogens with one attached hydrogen (secondary N) is 2. The highest BCUT2D eigenvalue weighted by Crippen LogP contribution is 2.42. The zero-order valence-electron chi connectivity index (χ0n) is 15.1. The smallest absolute Gasteiger partial charge is 0.275 e. The van der Waals surface area contributed by atoms with Gasteiger partial charge in [0.15, 0.2) is 0 Å². The van der Waals surface area contributed by atoms with Gasteiger partial charge in [-0.1, -0.05) is 43.8 Å². The Labute approximate surface area is 162 Å². The van der Waals surface area contributed by atoms with Crippen LogP contribution in [-0.2, 0) is 4.79 Å². The summed E-state index contributed by atoms with van der Waals surface area (Å²) in [4.78, 5) is 14.6. The van der Waals surface area contributed by atoms with Gasteiger partial charge in [-0.2, -0.15) is 5.10 Å². The van der Waals surface area contributed by atoms with E-state index in [1.807, 2.05) is 62.4 Å². The van der Waals surface area contributed by atoms with Gasteiger partial charge < -0.3 is 11.1 Å². The summed E-state index contributed by atoms with van der Waals surface area (Å²) in [6.45, 7) is 4.06. The SMILES string of the molecule is CC(C)C1=NNC(=O)/C1=C1/C=C(Sc2ccc(N)cc2)c2ccccc2N1. The average molecular weight is 376 g/mol. The molecule has 0 atom stereocenters. The molecule has 6 heteroatoms. The van der Waals surface area contributed by atoms with Crippen LogP contribution in [-0.4, -0.2) is 11.6 Å². The van der Waals surface area contributed by atoms with Crippen molar-refractivity contribution in [2.24, 2.45) is 11.0 Å². The number of anilines is 2. The van der Waals surface area contributed by atoms with Crippen molar-refractivity contribution in [2.75, 3.05) is 11.1 Å². The van der Waals surface area contributed by atoms with E-state index in [9.17, 15) is 4.79 Å². The number of amides is 1. The molecule has 136 valence electrons.